The maximum absolute atomic E-state index is 12.8. The maximum atomic E-state index is 12.8. The van der Waals surface area contributed by atoms with Crippen LogP contribution < -0.4 is 0 Å². The van der Waals surface area contributed by atoms with E-state index in [4.69, 9.17) is 0 Å². The smallest absolute Gasteiger partial charge is 0.273 e. The first-order valence-electron chi connectivity index (χ1n) is 7.82. The Kier molecular flexibility index (Phi) is 4.04. The van der Waals surface area contributed by atoms with Crippen molar-refractivity contribution >= 4 is 17.2 Å². The van der Waals surface area contributed by atoms with Crippen LogP contribution in [0.2, 0.25) is 0 Å². The third-order valence-electron chi connectivity index (χ3n) is 4.06. The van der Waals surface area contributed by atoms with Crippen molar-refractivity contribution in [2.75, 3.05) is 13.1 Å². The molecule has 0 aliphatic carbocycles. The molecule has 1 atom stereocenters. The molecule has 24 heavy (non-hydrogen) atoms. The molecule has 0 saturated carbocycles. The highest BCUT2D eigenvalue weighted by Crippen LogP contribution is 2.24. The third kappa shape index (κ3) is 2.92. The van der Waals surface area contributed by atoms with Gasteiger partial charge in [-0.15, -0.1) is 11.3 Å². The molecule has 0 bridgehead atoms. The van der Waals surface area contributed by atoms with Crippen molar-refractivity contribution in [2.24, 2.45) is 0 Å². The van der Waals surface area contributed by atoms with Gasteiger partial charge in [0.25, 0.3) is 5.91 Å². The number of carbonyl (C=O) groups is 1. The summed E-state index contributed by atoms with van der Waals surface area (Å²) in [7, 11) is 0. The number of piperidine rings is 1. The average Bonchev–Trinajstić information content (AvgIpc) is 3.34. The molecule has 0 unspecified atom stereocenters. The number of hydrogen-bond donors (Lipinski definition) is 0. The topological polar surface area (TPSA) is 76.8 Å². The summed E-state index contributed by atoms with van der Waals surface area (Å²) in [5.41, 5.74) is 0.462. The molecule has 0 radical (unpaired) electrons. The Morgan fingerprint density at radius 2 is 2.08 bits per heavy atom. The molecule has 8 heteroatoms. The van der Waals surface area contributed by atoms with Crippen LogP contribution in [0.1, 0.15) is 29.4 Å². The highest BCUT2D eigenvalue weighted by Gasteiger charge is 2.27. The van der Waals surface area contributed by atoms with Gasteiger partial charge in [-0.3, -0.25) is 9.48 Å². The van der Waals surface area contributed by atoms with E-state index in [1.165, 1.54) is 11.3 Å². The van der Waals surface area contributed by atoms with Gasteiger partial charge in [0.05, 0.1) is 6.04 Å². The van der Waals surface area contributed by atoms with E-state index in [9.17, 15) is 4.79 Å². The van der Waals surface area contributed by atoms with Gasteiger partial charge >= 0.3 is 0 Å². The van der Waals surface area contributed by atoms with Crippen LogP contribution in [-0.4, -0.2) is 48.6 Å². The highest BCUT2D eigenvalue weighted by atomic mass is 32.1. The Balaban J connectivity index is 1.50. The number of aromatic nitrogens is 5. The molecule has 3 aromatic heterocycles. The molecule has 1 aliphatic rings. The fraction of sp³-hybridized carbons (Fsp3) is 0.312. The lowest BCUT2D eigenvalue weighted by Crippen LogP contribution is -2.41. The molecular weight excluding hydrogens is 324 g/mol. The van der Waals surface area contributed by atoms with Crippen LogP contribution in [0.4, 0.5) is 0 Å². The number of rotatable bonds is 3. The number of carbonyl (C=O) groups excluding carboxylic acids is 1. The maximum Gasteiger partial charge on any atom is 0.273 e. The van der Waals surface area contributed by atoms with E-state index in [0.29, 0.717) is 23.1 Å². The van der Waals surface area contributed by atoms with Gasteiger partial charge in [0.15, 0.2) is 10.8 Å². The fourth-order valence-electron chi connectivity index (χ4n) is 2.90. The van der Waals surface area contributed by atoms with Gasteiger partial charge in [0.1, 0.15) is 5.69 Å². The molecule has 4 heterocycles. The van der Waals surface area contributed by atoms with E-state index in [0.717, 1.165) is 19.4 Å². The first-order valence-corrected chi connectivity index (χ1v) is 8.70. The standard InChI is InChI=1S/C16H16N6OS/c23-16(13-11-24-15(20-13)14-17-5-2-6-18-14)21-8-1-4-12(10-21)22-9-3-7-19-22/h2-3,5-7,9,11-12H,1,4,8,10H2/t12-/m1/s1. The summed E-state index contributed by atoms with van der Waals surface area (Å²) in [6, 6.07) is 3.90. The van der Waals surface area contributed by atoms with Gasteiger partial charge < -0.3 is 4.90 Å². The second-order valence-corrected chi connectivity index (χ2v) is 6.50. The van der Waals surface area contributed by atoms with Crippen LogP contribution in [0.5, 0.6) is 0 Å². The van der Waals surface area contributed by atoms with Crippen LogP contribution in [0, 0.1) is 0 Å². The average molecular weight is 340 g/mol. The van der Waals surface area contributed by atoms with E-state index in [1.54, 1.807) is 30.0 Å². The van der Waals surface area contributed by atoms with Crippen LogP contribution in [0.25, 0.3) is 10.8 Å². The predicted molar refractivity (Wildman–Crippen MR) is 89.5 cm³/mol. The number of thiazole rings is 1. The SMILES string of the molecule is O=C(c1csc(-c2ncccn2)n1)N1CCC[C@@H](n2cccn2)C1. The zero-order valence-electron chi connectivity index (χ0n) is 12.9. The summed E-state index contributed by atoms with van der Waals surface area (Å²) >= 11 is 1.39. The minimum atomic E-state index is -0.0368. The number of amides is 1. The van der Waals surface area contributed by atoms with Gasteiger partial charge in [-0.1, -0.05) is 0 Å². The lowest BCUT2D eigenvalue weighted by atomic mass is 10.1. The van der Waals surface area contributed by atoms with Crippen LogP contribution in [0.3, 0.4) is 0 Å². The van der Waals surface area contributed by atoms with Crippen LogP contribution >= 0.6 is 11.3 Å². The second kappa shape index (κ2) is 6.48. The molecule has 0 N–H and O–H groups in total. The minimum Gasteiger partial charge on any atom is -0.335 e. The zero-order valence-corrected chi connectivity index (χ0v) is 13.8. The minimum absolute atomic E-state index is 0.0368. The van der Waals surface area contributed by atoms with E-state index in [2.05, 4.69) is 20.1 Å². The quantitative estimate of drug-likeness (QED) is 0.731. The normalized spacial score (nSPS) is 17.8. The Bertz CT molecular complexity index is 816. The molecule has 0 aromatic carbocycles. The summed E-state index contributed by atoms with van der Waals surface area (Å²) in [5, 5.41) is 6.75. The van der Waals surface area contributed by atoms with Gasteiger partial charge in [-0.25, -0.2) is 15.0 Å². The summed E-state index contributed by atoms with van der Waals surface area (Å²) in [4.78, 5) is 27.4. The van der Waals surface area contributed by atoms with Gasteiger partial charge in [-0.2, -0.15) is 5.10 Å². The molecule has 1 saturated heterocycles. The fourth-order valence-corrected chi connectivity index (χ4v) is 3.64. The first-order chi connectivity index (χ1) is 11.8. The molecule has 7 nitrogen and oxygen atoms in total. The lowest BCUT2D eigenvalue weighted by molar-refractivity contribution is 0.0668. The molecule has 1 amide bonds. The predicted octanol–water partition coefficient (Wildman–Crippen LogP) is 2.27. The van der Waals surface area contributed by atoms with Gasteiger partial charge in [0, 0.05) is 43.3 Å². The van der Waals surface area contributed by atoms with Gasteiger partial charge in [-0.05, 0) is 25.0 Å². The largest absolute Gasteiger partial charge is 0.335 e. The van der Waals surface area contributed by atoms with Crippen LogP contribution in [-0.2, 0) is 0 Å². The number of hydrogen-bond acceptors (Lipinski definition) is 6. The van der Waals surface area contributed by atoms with Crippen molar-refractivity contribution < 1.29 is 4.79 Å². The van der Waals surface area contributed by atoms with Crippen molar-refractivity contribution in [3.8, 4) is 10.8 Å². The zero-order chi connectivity index (χ0) is 16.4. The highest BCUT2D eigenvalue weighted by molar-refractivity contribution is 7.13. The molecule has 1 aliphatic heterocycles. The summed E-state index contributed by atoms with van der Waals surface area (Å²) in [6.45, 7) is 1.42. The summed E-state index contributed by atoms with van der Waals surface area (Å²) in [5.74, 6) is 0.514. The summed E-state index contributed by atoms with van der Waals surface area (Å²) in [6.07, 6.45) is 9.06. The molecule has 122 valence electrons. The Morgan fingerprint density at radius 3 is 2.88 bits per heavy atom. The summed E-state index contributed by atoms with van der Waals surface area (Å²) < 4.78 is 1.93. The molecule has 1 fully saturated rings. The molecule has 3 aromatic rings. The second-order valence-electron chi connectivity index (χ2n) is 5.64. The Hall–Kier alpha value is -2.61. The monoisotopic (exact) mass is 340 g/mol. The van der Waals surface area contributed by atoms with Crippen LogP contribution in [0.15, 0.2) is 42.3 Å². The number of likely N-dealkylation sites (tertiary alicyclic amines) is 1. The lowest BCUT2D eigenvalue weighted by Gasteiger charge is -2.32. The first kappa shape index (κ1) is 14.9. The van der Waals surface area contributed by atoms with Crippen molar-refractivity contribution in [2.45, 2.75) is 18.9 Å². The van der Waals surface area contributed by atoms with E-state index < -0.39 is 0 Å². The van der Waals surface area contributed by atoms with Crippen molar-refractivity contribution in [1.29, 1.82) is 0 Å². The Labute approximate surface area is 143 Å². The van der Waals surface area contributed by atoms with Crippen molar-refractivity contribution in [3.05, 3.63) is 48.0 Å². The molecule has 4 rings (SSSR count). The molecule has 0 spiro atoms. The van der Waals surface area contributed by atoms with E-state index in [1.807, 2.05) is 21.8 Å². The molecular formula is C16H16N6OS. The Morgan fingerprint density at radius 1 is 1.21 bits per heavy atom. The van der Waals surface area contributed by atoms with Gasteiger partial charge in [0.2, 0.25) is 0 Å². The number of nitrogens with zero attached hydrogens (tertiary/aromatic N) is 6. The van der Waals surface area contributed by atoms with E-state index >= 15 is 0 Å². The van der Waals surface area contributed by atoms with E-state index in [-0.39, 0.29) is 11.9 Å². The van der Waals surface area contributed by atoms with Crippen molar-refractivity contribution in [1.82, 2.24) is 29.6 Å². The third-order valence-corrected chi connectivity index (χ3v) is 4.90. The van der Waals surface area contributed by atoms with Crippen molar-refractivity contribution in [3.63, 3.8) is 0 Å².